The molecule has 3 rings (SSSR count). The third kappa shape index (κ3) is 4.86. The Morgan fingerprint density at radius 3 is 2.06 bits per heavy atom. The minimum atomic E-state index is -0.468. The highest BCUT2D eigenvalue weighted by Crippen LogP contribution is 2.43. The van der Waals surface area contributed by atoms with Gasteiger partial charge in [0.05, 0.1) is 24.2 Å². The van der Waals surface area contributed by atoms with Crippen LogP contribution in [0.3, 0.4) is 0 Å². The van der Waals surface area contributed by atoms with E-state index in [0.717, 1.165) is 12.2 Å². The number of phenols is 2. The second-order valence-corrected chi connectivity index (χ2v) is 7.17. The van der Waals surface area contributed by atoms with Crippen LogP contribution in [0.2, 0.25) is 0 Å². The normalized spacial score (nSPS) is 13.1. The number of nitrogens with zero attached hydrogens (tertiary/aromatic N) is 1. The van der Waals surface area contributed by atoms with Gasteiger partial charge in [-0.15, -0.1) is 0 Å². The van der Waals surface area contributed by atoms with Crippen molar-refractivity contribution in [2.75, 3.05) is 57.4 Å². The third-order valence-corrected chi connectivity index (χ3v) is 5.16. The molecule has 0 heterocycles. The maximum Gasteiger partial charge on any atom is 0.190 e. The molecule has 1 aliphatic carbocycles. The second kappa shape index (κ2) is 10.4. The first-order valence-corrected chi connectivity index (χ1v) is 10.2. The average molecular weight is 429 g/mol. The molecule has 6 N–H and O–H groups in total. The van der Waals surface area contributed by atoms with Crippen LogP contribution in [0.25, 0.3) is 10.8 Å². The van der Waals surface area contributed by atoms with Gasteiger partial charge in [0.1, 0.15) is 11.5 Å². The average Bonchev–Trinajstić information content (AvgIpc) is 2.76. The van der Waals surface area contributed by atoms with Crippen molar-refractivity contribution in [1.82, 2.24) is 10.6 Å². The molecule has 0 radical (unpaired) electrons. The number of hydrogen-bond acceptors (Lipinski definition) is 9. The number of rotatable bonds is 11. The molecule has 9 heteroatoms. The van der Waals surface area contributed by atoms with Gasteiger partial charge in [-0.05, 0) is 30.4 Å². The van der Waals surface area contributed by atoms with Gasteiger partial charge in [0.25, 0.3) is 0 Å². The van der Waals surface area contributed by atoms with E-state index in [1.54, 1.807) is 6.07 Å². The van der Waals surface area contributed by atoms with E-state index < -0.39 is 11.6 Å². The molecule has 1 aliphatic rings. The van der Waals surface area contributed by atoms with Crippen molar-refractivity contribution in [2.45, 2.75) is 0 Å². The van der Waals surface area contributed by atoms with Gasteiger partial charge in [0.15, 0.2) is 11.6 Å². The molecule has 166 valence electrons. The van der Waals surface area contributed by atoms with E-state index in [0.29, 0.717) is 50.3 Å². The summed E-state index contributed by atoms with van der Waals surface area (Å²) >= 11 is 0. The Bertz CT molecular complexity index is 993. The molecule has 0 spiro atoms. The number of ketones is 2. The summed E-state index contributed by atoms with van der Waals surface area (Å²) in [5.41, 5.74) is 0.592. The Kier molecular flexibility index (Phi) is 7.59. The van der Waals surface area contributed by atoms with Gasteiger partial charge in [-0.25, -0.2) is 0 Å². The number of benzene rings is 2. The molecule has 0 aromatic heterocycles. The molecule has 0 atom stereocenters. The molecule has 9 nitrogen and oxygen atoms in total. The first-order chi connectivity index (χ1) is 15.0. The molecule has 0 saturated heterocycles. The Balaban J connectivity index is 2.07. The van der Waals surface area contributed by atoms with Crippen LogP contribution in [0.1, 0.15) is 20.7 Å². The monoisotopic (exact) mass is 429 g/mol. The molecule has 0 amide bonds. The van der Waals surface area contributed by atoms with Gasteiger partial charge in [-0.2, -0.15) is 0 Å². The second-order valence-electron chi connectivity index (χ2n) is 7.17. The summed E-state index contributed by atoms with van der Waals surface area (Å²) < 4.78 is 0. The van der Waals surface area contributed by atoms with Crippen LogP contribution in [0, 0.1) is 0 Å². The molecule has 0 saturated carbocycles. The van der Waals surface area contributed by atoms with Crippen molar-refractivity contribution in [3.05, 3.63) is 41.5 Å². The molecule has 2 aromatic carbocycles. The number of fused-ring (bicyclic) bond motifs is 2. The molecule has 31 heavy (non-hydrogen) atoms. The van der Waals surface area contributed by atoms with Gasteiger partial charge in [0.2, 0.25) is 0 Å². The van der Waals surface area contributed by atoms with Crippen LogP contribution in [0.5, 0.6) is 11.5 Å². The van der Waals surface area contributed by atoms with Crippen LogP contribution in [0.15, 0.2) is 30.4 Å². The lowest BCUT2D eigenvalue weighted by Crippen LogP contribution is -2.38. The molecule has 0 aliphatic heterocycles. The van der Waals surface area contributed by atoms with Crippen LogP contribution in [-0.2, 0) is 0 Å². The van der Waals surface area contributed by atoms with E-state index in [1.807, 2.05) is 4.90 Å². The van der Waals surface area contributed by atoms with E-state index in [1.165, 1.54) is 12.1 Å². The fourth-order valence-corrected chi connectivity index (χ4v) is 3.68. The SMILES string of the molecule is O=C1C=CC(=O)c2c1cc1c(O)ccc(N(CCNCCO)CCNCCO)c1c2O. The fourth-order valence-electron chi connectivity index (χ4n) is 3.68. The van der Waals surface area contributed by atoms with Crippen molar-refractivity contribution < 1.29 is 30.0 Å². The molecule has 0 bridgehead atoms. The highest BCUT2D eigenvalue weighted by Gasteiger charge is 2.27. The summed E-state index contributed by atoms with van der Waals surface area (Å²) in [6.45, 7) is 3.04. The molecule has 0 unspecified atom stereocenters. The third-order valence-electron chi connectivity index (χ3n) is 5.16. The summed E-state index contributed by atoms with van der Waals surface area (Å²) in [6, 6.07) is 4.59. The van der Waals surface area contributed by atoms with Crippen LogP contribution < -0.4 is 15.5 Å². The fraction of sp³-hybridized carbons (Fsp3) is 0.364. The van der Waals surface area contributed by atoms with Gasteiger partial charge in [-0.3, -0.25) is 9.59 Å². The number of phenolic OH excluding ortho intramolecular Hbond substituents is 2. The first kappa shape index (κ1) is 22.7. The van der Waals surface area contributed by atoms with E-state index >= 15 is 0 Å². The zero-order valence-electron chi connectivity index (χ0n) is 17.1. The minimum absolute atomic E-state index is 0.0107. The predicted molar refractivity (Wildman–Crippen MR) is 117 cm³/mol. The summed E-state index contributed by atoms with van der Waals surface area (Å²) in [6.07, 6.45) is 2.29. The number of aromatic hydroxyl groups is 2. The smallest absolute Gasteiger partial charge is 0.190 e. The summed E-state index contributed by atoms with van der Waals surface area (Å²) in [5.74, 6) is -1.32. The van der Waals surface area contributed by atoms with E-state index in [-0.39, 0.29) is 41.2 Å². The number of carbonyl (C=O) groups excluding carboxylic acids is 2. The van der Waals surface area contributed by atoms with E-state index in [9.17, 15) is 19.8 Å². The highest BCUT2D eigenvalue weighted by atomic mass is 16.3. The maximum atomic E-state index is 12.4. The van der Waals surface area contributed by atoms with Gasteiger partial charge >= 0.3 is 0 Å². The summed E-state index contributed by atoms with van der Waals surface area (Å²) in [5, 5.41) is 46.2. The van der Waals surface area contributed by atoms with Crippen LogP contribution >= 0.6 is 0 Å². The number of anilines is 1. The quantitative estimate of drug-likeness (QED) is 0.275. The van der Waals surface area contributed by atoms with Crippen molar-refractivity contribution in [3.8, 4) is 11.5 Å². The van der Waals surface area contributed by atoms with Crippen LogP contribution in [0.4, 0.5) is 5.69 Å². The predicted octanol–water partition coefficient (Wildman–Crippen LogP) is 0.156. The lowest BCUT2D eigenvalue weighted by molar-refractivity contribution is 0.0992. The zero-order chi connectivity index (χ0) is 22.4. The number of aliphatic hydroxyl groups excluding tert-OH is 2. The molecular weight excluding hydrogens is 402 g/mol. The summed E-state index contributed by atoms with van der Waals surface area (Å²) in [7, 11) is 0. The topological polar surface area (TPSA) is 142 Å². The Hall–Kier alpha value is -2.98. The zero-order valence-corrected chi connectivity index (χ0v) is 17.1. The maximum absolute atomic E-state index is 12.4. The highest BCUT2D eigenvalue weighted by molar-refractivity contribution is 6.26. The van der Waals surface area contributed by atoms with E-state index in [2.05, 4.69) is 10.6 Å². The number of hydrogen-bond donors (Lipinski definition) is 6. The molecule has 0 fully saturated rings. The van der Waals surface area contributed by atoms with Crippen molar-refractivity contribution >= 4 is 28.0 Å². The van der Waals surface area contributed by atoms with Gasteiger partial charge in [0, 0.05) is 55.9 Å². The Labute approximate surface area is 179 Å². The lowest BCUT2D eigenvalue weighted by Gasteiger charge is -2.28. The number of nitrogens with one attached hydrogen (secondary N) is 2. The first-order valence-electron chi connectivity index (χ1n) is 10.2. The summed E-state index contributed by atoms with van der Waals surface area (Å²) in [4.78, 5) is 26.6. The number of carbonyl (C=O) groups is 2. The minimum Gasteiger partial charge on any atom is -0.507 e. The molecular formula is C22H27N3O6. The number of aliphatic hydroxyl groups is 2. The molecule has 2 aromatic rings. The van der Waals surface area contributed by atoms with Crippen molar-refractivity contribution in [2.24, 2.45) is 0 Å². The Morgan fingerprint density at radius 1 is 0.839 bits per heavy atom. The van der Waals surface area contributed by atoms with Gasteiger partial charge in [-0.1, -0.05) is 0 Å². The lowest BCUT2D eigenvalue weighted by atomic mass is 9.89. The standard InChI is InChI=1S/C22H27N3O6/c26-11-7-23-5-9-25(10-6-24-8-12-27)16-1-2-17(28)14-13-15-18(29)3-4-19(30)21(15)22(31)20(14)16/h1-4,13,23-24,26-28,31H,5-12H2. The number of allylic oxidation sites excluding steroid dienone is 2. The Morgan fingerprint density at radius 2 is 1.45 bits per heavy atom. The largest absolute Gasteiger partial charge is 0.507 e. The van der Waals surface area contributed by atoms with Crippen LogP contribution in [-0.4, -0.2) is 84.5 Å². The van der Waals surface area contributed by atoms with Crippen molar-refractivity contribution in [3.63, 3.8) is 0 Å². The van der Waals surface area contributed by atoms with Crippen molar-refractivity contribution in [1.29, 1.82) is 0 Å². The van der Waals surface area contributed by atoms with E-state index in [4.69, 9.17) is 10.2 Å². The van der Waals surface area contributed by atoms with Gasteiger partial charge < -0.3 is 36.0 Å².